The van der Waals surface area contributed by atoms with E-state index < -0.39 is 5.97 Å². The number of hydrogen-bond donors (Lipinski definition) is 1. The zero-order chi connectivity index (χ0) is 27.6. The Labute approximate surface area is 236 Å². The van der Waals surface area contributed by atoms with Crippen molar-refractivity contribution in [2.24, 2.45) is 0 Å². The predicted molar refractivity (Wildman–Crippen MR) is 147 cm³/mol. The zero-order valence-corrected chi connectivity index (χ0v) is 22.6. The molecule has 40 heavy (non-hydrogen) atoms. The van der Waals surface area contributed by atoms with Crippen molar-refractivity contribution in [2.45, 2.75) is 51.1 Å². The minimum Gasteiger partial charge on any atom is -0.478 e. The molecule has 206 valence electrons. The first-order chi connectivity index (χ1) is 19.5. The maximum Gasteiger partial charge on any atom is 0.335 e. The van der Waals surface area contributed by atoms with Crippen LogP contribution in [0, 0.1) is 11.3 Å². The largest absolute Gasteiger partial charge is 0.478 e. The van der Waals surface area contributed by atoms with Gasteiger partial charge in [0.05, 0.1) is 53.5 Å². The average molecular weight is 561 g/mol. The molecule has 0 unspecified atom stereocenters. The number of aromatic nitrogens is 4. The number of halogens is 1. The van der Waals surface area contributed by atoms with Crippen molar-refractivity contribution in [3.05, 3.63) is 76.2 Å². The fraction of sp³-hybridized carbons (Fsp3) is 0.379. The Balaban J connectivity index is 1.09. The van der Waals surface area contributed by atoms with Crippen molar-refractivity contribution < 1.29 is 19.4 Å². The molecule has 0 saturated carbocycles. The zero-order valence-electron chi connectivity index (χ0n) is 21.9. The van der Waals surface area contributed by atoms with Crippen molar-refractivity contribution in [1.82, 2.24) is 24.2 Å². The number of aromatic carboxylic acids is 1. The topological polar surface area (TPSA) is 118 Å². The lowest BCUT2D eigenvalue weighted by Gasteiger charge is -2.32. The monoisotopic (exact) mass is 560 g/mol. The van der Waals surface area contributed by atoms with Crippen LogP contribution in [0.3, 0.4) is 0 Å². The van der Waals surface area contributed by atoms with Crippen LogP contribution < -0.4 is 4.74 Å². The Morgan fingerprint density at radius 2 is 2.00 bits per heavy atom. The van der Waals surface area contributed by atoms with Crippen LogP contribution in [0.2, 0.25) is 5.02 Å². The van der Waals surface area contributed by atoms with Crippen LogP contribution in [-0.2, 0) is 24.4 Å². The van der Waals surface area contributed by atoms with Gasteiger partial charge in [-0.25, -0.2) is 9.78 Å². The third-order valence-corrected chi connectivity index (χ3v) is 7.94. The number of rotatable bonds is 9. The number of nitriles is 1. The van der Waals surface area contributed by atoms with Crippen LogP contribution in [0.5, 0.6) is 5.88 Å². The highest BCUT2D eigenvalue weighted by atomic mass is 35.5. The molecule has 0 amide bonds. The summed E-state index contributed by atoms with van der Waals surface area (Å²) in [4.78, 5) is 18.8. The van der Waals surface area contributed by atoms with E-state index in [0.717, 1.165) is 61.4 Å². The number of imidazole rings is 1. The molecule has 2 aliphatic heterocycles. The molecule has 1 N–H and O–H groups in total. The van der Waals surface area contributed by atoms with Gasteiger partial charge in [0.1, 0.15) is 12.4 Å². The van der Waals surface area contributed by atoms with Crippen molar-refractivity contribution >= 4 is 28.6 Å². The van der Waals surface area contributed by atoms with E-state index in [1.807, 2.05) is 16.9 Å². The summed E-state index contributed by atoms with van der Waals surface area (Å²) in [7, 11) is 0. The number of likely N-dealkylation sites (tertiary alicyclic amines) is 1. The van der Waals surface area contributed by atoms with Crippen LogP contribution in [-0.4, -0.2) is 61.1 Å². The second-order valence-corrected chi connectivity index (χ2v) is 10.7. The van der Waals surface area contributed by atoms with Crippen LogP contribution in [0.4, 0.5) is 0 Å². The molecule has 10 nitrogen and oxygen atoms in total. The Morgan fingerprint density at radius 1 is 1.18 bits per heavy atom. The summed E-state index contributed by atoms with van der Waals surface area (Å²) in [5.41, 5.74) is 3.17. The SMILES string of the molecule is N#Cc1cc(Cl)ccc1COc1ccn(C2CCN(Cc3nc4ccc(C(=O)O)cc4n3C[C@@H]3CCO3)CC2)n1. The summed E-state index contributed by atoms with van der Waals surface area (Å²) >= 11 is 5.99. The van der Waals surface area contributed by atoms with E-state index >= 15 is 0 Å². The van der Waals surface area contributed by atoms with Gasteiger partial charge >= 0.3 is 5.97 Å². The number of piperidine rings is 1. The number of carbonyl (C=O) groups is 1. The summed E-state index contributed by atoms with van der Waals surface area (Å²) in [6.07, 6.45) is 4.95. The van der Waals surface area contributed by atoms with E-state index in [1.165, 1.54) is 0 Å². The maximum atomic E-state index is 11.6. The smallest absolute Gasteiger partial charge is 0.335 e. The molecule has 2 aromatic carbocycles. The second-order valence-electron chi connectivity index (χ2n) is 10.3. The minimum atomic E-state index is -0.942. The lowest BCUT2D eigenvalue weighted by molar-refractivity contribution is -0.0592. The van der Waals surface area contributed by atoms with Gasteiger partial charge in [-0.05, 0) is 49.6 Å². The molecule has 0 aliphatic carbocycles. The molecule has 0 bridgehead atoms. The van der Waals surface area contributed by atoms with E-state index in [4.69, 9.17) is 26.1 Å². The molecule has 2 aliphatic rings. The Kier molecular flexibility index (Phi) is 7.43. The summed E-state index contributed by atoms with van der Waals surface area (Å²) in [5.74, 6) is 0.511. The first-order valence-electron chi connectivity index (χ1n) is 13.4. The number of benzene rings is 2. The van der Waals surface area contributed by atoms with Crippen molar-refractivity contribution in [3.63, 3.8) is 0 Å². The lowest BCUT2D eigenvalue weighted by atomic mass is 10.1. The van der Waals surface area contributed by atoms with Crippen molar-refractivity contribution in [1.29, 1.82) is 5.26 Å². The van der Waals surface area contributed by atoms with Gasteiger partial charge in [-0.2, -0.15) is 5.26 Å². The number of carboxylic acid groups (broad SMARTS) is 1. The molecule has 0 spiro atoms. The molecule has 11 heteroatoms. The summed E-state index contributed by atoms with van der Waals surface area (Å²) in [5, 5.41) is 24.0. The fourth-order valence-corrected chi connectivity index (χ4v) is 5.51. The molecule has 0 radical (unpaired) electrons. The van der Waals surface area contributed by atoms with Gasteiger partial charge in [-0.3, -0.25) is 9.58 Å². The van der Waals surface area contributed by atoms with Gasteiger partial charge in [0.15, 0.2) is 0 Å². The van der Waals surface area contributed by atoms with Gasteiger partial charge < -0.3 is 19.1 Å². The quantitative estimate of drug-likeness (QED) is 0.314. The van der Waals surface area contributed by atoms with Gasteiger partial charge in [0.25, 0.3) is 0 Å². The third-order valence-electron chi connectivity index (χ3n) is 7.70. The molecule has 6 rings (SSSR count). The highest BCUT2D eigenvalue weighted by Crippen LogP contribution is 2.27. The first kappa shape index (κ1) is 26.3. The Bertz CT molecular complexity index is 1580. The lowest BCUT2D eigenvalue weighted by Crippen LogP contribution is -2.36. The Morgan fingerprint density at radius 3 is 2.73 bits per heavy atom. The molecule has 2 saturated heterocycles. The maximum absolute atomic E-state index is 11.6. The summed E-state index contributed by atoms with van der Waals surface area (Å²) in [6, 6.07) is 14.6. The first-order valence-corrected chi connectivity index (χ1v) is 13.8. The standard InChI is InChI=1S/C29H29ClN6O4/c30-22-3-1-20(21(13-22)15-31)18-40-28-7-11-36(33-28)23-5-9-34(10-6-23)17-27-32-25-4-2-19(29(37)38)14-26(25)35(27)16-24-8-12-39-24/h1-4,7,11,13-14,23-24H,5-6,8-10,12,16-18H2,(H,37,38)/t24-/m0/s1. The molecule has 2 aromatic heterocycles. The van der Waals surface area contributed by atoms with Gasteiger partial charge in [0, 0.05) is 42.5 Å². The van der Waals surface area contributed by atoms with Crippen LogP contribution >= 0.6 is 11.6 Å². The molecule has 2 fully saturated rings. The van der Waals surface area contributed by atoms with Gasteiger partial charge in [0.2, 0.25) is 5.88 Å². The fourth-order valence-electron chi connectivity index (χ4n) is 5.34. The molecular formula is C29H29ClN6O4. The average Bonchev–Trinajstić information content (AvgIpc) is 3.54. The molecular weight excluding hydrogens is 532 g/mol. The predicted octanol–water partition coefficient (Wildman–Crippen LogP) is 4.66. The van der Waals surface area contributed by atoms with Crippen LogP contribution in [0.25, 0.3) is 11.0 Å². The van der Waals surface area contributed by atoms with Crippen molar-refractivity contribution in [2.75, 3.05) is 19.7 Å². The van der Waals surface area contributed by atoms with Crippen LogP contribution in [0.1, 0.15) is 52.6 Å². The van der Waals surface area contributed by atoms with E-state index in [9.17, 15) is 15.2 Å². The number of carboxylic acids is 1. The molecule has 4 aromatic rings. The number of nitrogens with zero attached hydrogens (tertiary/aromatic N) is 6. The third kappa shape index (κ3) is 5.54. The van der Waals surface area contributed by atoms with E-state index in [1.54, 1.807) is 36.4 Å². The van der Waals surface area contributed by atoms with E-state index in [2.05, 4.69) is 20.6 Å². The van der Waals surface area contributed by atoms with Gasteiger partial charge in [-0.15, -0.1) is 5.10 Å². The van der Waals surface area contributed by atoms with Gasteiger partial charge in [-0.1, -0.05) is 17.7 Å². The number of hydrogen-bond acceptors (Lipinski definition) is 7. The number of fused-ring (bicyclic) bond motifs is 1. The Hall–Kier alpha value is -3.91. The molecule has 1 atom stereocenters. The summed E-state index contributed by atoms with van der Waals surface area (Å²) < 4.78 is 15.6. The minimum absolute atomic E-state index is 0.137. The van der Waals surface area contributed by atoms with E-state index in [-0.39, 0.29) is 24.3 Å². The van der Waals surface area contributed by atoms with Crippen LogP contribution in [0.15, 0.2) is 48.7 Å². The number of ether oxygens (including phenoxy) is 2. The highest BCUT2D eigenvalue weighted by molar-refractivity contribution is 6.30. The summed E-state index contributed by atoms with van der Waals surface area (Å²) in [6.45, 7) is 4.15. The molecule has 4 heterocycles. The normalized spacial score (nSPS) is 17.9. The van der Waals surface area contributed by atoms with Crippen molar-refractivity contribution in [3.8, 4) is 11.9 Å². The highest BCUT2D eigenvalue weighted by Gasteiger charge is 2.26. The van der Waals surface area contributed by atoms with E-state index in [0.29, 0.717) is 29.6 Å². The second kappa shape index (κ2) is 11.3.